The fourth-order valence-corrected chi connectivity index (χ4v) is 3.69. The highest BCUT2D eigenvalue weighted by atomic mass is 32.2. The monoisotopic (exact) mass is 365 g/mol. The zero-order chi connectivity index (χ0) is 18.4. The highest BCUT2D eigenvalue weighted by Gasteiger charge is 2.14. The van der Waals surface area contributed by atoms with Crippen molar-refractivity contribution in [2.75, 3.05) is 6.61 Å². The van der Waals surface area contributed by atoms with Gasteiger partial charge in [0.25, 0.3) is 0 Å². The number of aryl methyl sites for hydroxylation is 1. The van der Waals surface area contributed by atoms with E-state index < -0.39 is 0 Å². The summed E-state index contributed by atoms with van der Waals surface area (Å²) in [7, 11) is 0. The van der Waals surface area contributed by atoms with Crippen LogP contribution in [0.15, 0.2) is 66.3 Å². The molecule has 2 aromatic carbocycles. The summed E-state index contributed by atoms with van der Waals surface area (Å²) in [6, 6.07) is 16.4. The quantitative estimate of drug-likeness (QED) is 0.410. The fourth-order valence-electron chi connectivity index (χ4n) is 2.75. The van der Waals surface area contributed by atoms with Crippen molar-refractivity contribution < 1.29 is 4.74 Å². The number of para-hydroxylation sites is 1. The first-order valence-corrected chi connectivity index (χ1v) is 9.66. The van der Waals surface area contributed by atoms with Gasteiger partial charge >= 0.3 is 0 Å². The molecule has 0 spiro atoms. The van der Waals surface area contributed by atoms with Gasteiger partial charge in [-0.1, -0.05) is 59.8 Å². The summed E-state index contributed by atoms with van der Waals surface area (Å²) in [5, 5.41) is 9.73. The van der Waals surface area contributed by atoms with Crippen LogP contribution in [0, 0.1) is 6.92 Å². The van der Waals surface area contributed by atoms with Gasteiger partial charge in [0.1, 0.15) is 5.75 Å². The van der Waals surface area contributed by atoms with Gasteiger partial charge in [0.2, 0.25) is 0 Å². The van der Waals surface area contributed by atoms with Gasteiger partial charge in [0.15, 0.2) is 11.0 Å². The number of nitrogens with zero attached hydrogens (tertiary/aromatic N) is 3. The van der Waals surface area contributed by atoms with Gasteiger partial charge in [0, 0.05) is 23.4 Å². The lowest BCUT2D eigenvalue weighted by Gasteiger charge is -2.11. The molecule has 3 rings (SSSR count). The number of benzene rings is 2. The minimum atomic E-state index is 0.659. The van der Waals surface area contributed by atoms with Crippen LogP contribution in [0.25, 0.3) is 11.4 Å². The highest BCUT2D eigenvalue weighted by molar-refractivity contribution is 7.98. The third-order valence-corrected chi connectivity index (χ3v) is 4.95. The van der Waals surface area contributed by atoms with Crippen molar-refractivity contribution in [1.29, 1.82) is 0 Å². The third-order valence-electron chi connectivity index (χ3n) is 3.93. The Balaban J connectivity index is 1.86. The molecule has 0 fully saturated rings. The lowest BCUT2D eigenvalue weighted by Crippen LogP contribution is -2.01. The minimum absolute atomic E-state index is 0.659. The van der Waals surface area contributed by atoms with E-state index in [1.807, 2.05) is 37.3 Å². The Morgan fingerprint density at radius 1 is 1.15 bits per heavy atom. The predicted molar refractivity (Wildman–Crippen MR) is 108 cm³/mol. The molecule has 0 radical (unpaired) electrons. The Labute approximate surface area is 158 Å². The summed E-state index contributed by atoms with van der Waals surface area (Å²) in [5.74, 6) is 2.57. The van der Waals surface area contributed by atoms with Gasteiger partial charge in [-0.3, -0.25) is 4.57 Å². The fraction of sp³-hybridized carbons (Fsp3) is 0.238. The number of allylic oxidation sites excluding steroid dienone is 1. The molecule has 134 valence electrons. The summed E-state index contributed by atoms with van der Waals surface area (Å²) in [6.45, 7) is 9.29. The van der Waals surface area contributed by atoms with Crippen molar-refractivity contribution in [2.24, 2.45) is 0 Å². The van der Waals surface area contributed by atoms with E-state index in [4.69, 9.17) is 4.74 Å². The number of thioether (sulfide) groups is 1. The van der Waals surface area contributed by atoms with Gasteiger partial charge in [-0.05, 0) is 26.0 Å². The topological polar surface area (TPSA) is 39.9 Å². The number of ether oxygens (including phenoxy) is 1. The Hall–Kier alpha value is -2.53. The van der Waals surface area contributed by atoms with Crippen molar-refractivity contribution in [2.45, 2.75) is 31.3 Å². The Kier molecular flexibility index (Phi) is 6.12. The average molecular weight is 366 g/mol. The first-order chi connectivity index (χ1) is 12.7. The molecule has 0 N–H and O–H groups in total. The van der Waals surface area contributed by atoms with Crippen LogP contribution in [0.1, 0.15) is 18.1 Å². The van der Waals surface area contributed by atoms with E-state index >= 15 is 0 Å². The van der Waals surface area contributed by atoms with Crippen molar-refractivity contribution in [3.8, 4) is 17.1 Å². The van der Waals surface area contributed by atoms with Crippen LogP contribution in [0.3, 0.4) is 0 Å². The van der Waals surface area contributed by atoms with E-state index in [2.05, 4.69) is 52.5 Å². The van der Waals surface area contributed by atoms with Gasteiger partial charge in [-0.2, -0.15) is 0 Å². The molecule has 0 amide bonds. The maximum Gasteiger partial charge on any atom is 0.192 e. The molecular weight excluding hydrogens is 342 g/mol. The van der Waals surface area contributed by atoms with E-state index in [-0.39, 0.29) is 0 Å². The van der Waals surface area contributed by atoms with E-state index in [1.54, 1.807) is 11.8 Å². The van der Waals surface area contributed by atoms with Crippen molar-refractivity contribution in [3.63, 3.8) is 0 Å². The molecule has 0 bridgehead atoms. The molecule has 0 aliphatic heterocycles. The summed E-state index contributed by atoms with van der Waals surface area (Å²) < 4.78 is 7.83. The Bertz CT molecular complexity index is 888. The Morgan fingerprint density at radius 2 is 2.00 bits per heavy atom. The molecule has 1 aromatic heterocycles. The molecule has 1 heterocycles. The summed E-state index contributed by atoms with van der Waals surface area (Å²) >= 11 is 1.66. The normalized spacial score (nSPS) is 10.7. The van der Waals surface area contributed by atoms with Crippen molar-refractivity contribution in [1.82, 2.24) is 14.8 Å². The second-order valence-corrected chi connectivity index (χ2v) is 6.85. The minimum Gasteiger partial charge on any atom is -0.494 e. The molecule has 26 heavy (non-hydrogen) atoms. The van der Waals surface area contributed by atoms with Crippen LogP contribution in [-0.2, 0) is 12.3 Å². The molecule has 0 aliphatic carbocycles. The van der Waals surface area contributed by atoms with Gasteiger partial charge < -0.3 is 4.74 Å². The number of hydrogen-bond acceptors (Lipinski definition) is 4. The highest BCUT2D eigenvalue weighted by Crippen LogP contribution is 2.29. The lowest BCUT2D eigenvalue weighted by atomic mass is 10.1. The maximum absolute atomic E-state index is 5.72. The van der Waals surface area contributed by atoms with Gasteiger partial charge in [-0.15, -0.1) is 16.8 Å². The standard InChI is InChI=1S/C21H23N3OS/c1-4-13-24-20(17-11-8-9-16(3)14-17)22-23-21(24)26-15-18-10-6-7-12-19(18)25-5-2/h4,6-12,14H,1,5,13,15H2,2-3H3. The molecule has 0 aliphatic rings. The van der Waals surface area contributed by atoms with E-state index in [0.717, 1.165) is 33.6 Å². The molecule has 0 saturated carbocycles. The number of aromatic nitrogens is 3. The van der Waals surface area contributed by atoms with Gasteiger partial charge in [0.05, 0.1) is 6.61 Å². The van der Waals surface area contributed by atoms with E-state index in [0.29, 0.717) is 13.2 Å². The van der Waals surface area contributed by atoms with Crippen LogP contribution in [-0.4, -0.2) is 21.4 Å². The predicted octanol–water partition coefficient (Wildman–Crippen LogP) is 5.13. The average Bonchev–Trinajstić information content (AvgIpc) is 3.04. The smallest absolute Gasteiger partial charge is 0.192 e. The second kappa shape index (κ2) is 8.72. The van der Waals surface area contributed by atoms with Crippen LogP contribution >= 0.6 is 11.8 Å². The second-order valence-electron chi connectivity index (χ2n) is 5.90. The molecule has 3 aromatic rings. The van der Waals surface area contributed by atoms with Crippen LogP contribution in [0.5, 0.6) is 5.75 Å². The van der Waals surface area contributed by atoms with Gasteiger partial charge in [-0.25, -0.2) is 0 Å². The van der Waals surface area contributed by atoms with Crippen LogP contribution in [0.4, 0.5) is 0 Å². The summed E-state index contributed by atoms with van der Waals surface area (Å²) in [6.07, 6.45) is 1.88. The Morgan fingerprint density at radius 3 is 2.77 bits per heavy atom. The first-order valence-electron chi connectivity index (χ1n) is 8.67. The first kappa shape index (κ1) is 18.3. The largest absolute Gasteiger partial charge is 0.494 e. The van der Waals surface area contributed by atoms with E-state index in [9.17, 15) is 0 Å². The zero-order valence-electron chi connectivity index (χ0n) is 15.2. The zero-order valence-corrected chi connectivity index (χ0v) is 16.0. The van der Waals surface area contributed by atoms with Crippen LogP contribution < -0.4 is 4.74 Å². The maximum atomic E-state index is 5.72. The molecule has 0 unspecified atom stereocenters. The lowest BCUT2D eigenvalue weighted by molar-refractivity contribution is 0.337. The summed E-state index contributed by atoms with van der Waals surface area (Å²) in [5.41, 5.74) is 3.43. The molecule has 5 heteroatoms. The molecule has 0 saturated heterocycles. The molecule has 4 nitrogen and oxygen atoms in total. The van der Waals surface area contributed by atoms with Crippen LogP contribution in [0.2, 0.25) is 0 Å². The number of rotatable bonds is 8. The van der Waals surface area contributed by atoms with Crippen molar-refractivity contribution in [3.05, 3.63) is 72.3 Å². The van der Waals surface area contributed by atoms with E-state index in [1.165, 1.54) is 5.56 Å². The SMILES string of the molecule is C=CCn1c(SCc2ccccc2OCC)nnc1-c1cccc(C)c1. The number of hydrogen-bond donors (Lipinski definition) is 0. The molecule has 0 atom stereocenters. The molecular formula is C21H23N3OS. The van der Waals surface area contributed by atoms with Crippen molar-refractivity contribution >= 4 is 11.8 Å². The third kappa shape index (κ3) is 4.17. The summed E-state index contributed by atoms with van der Waals surface area (Å²) in [4.78, 5) is 0.